The summed E-state index contributed by atoms with van der Waals surface area (Å²) >= 11 is 0. The highest BCUT2D eigenvalue weighted by Gasteiger charge is 2.36. The number of aryl methyl sites for hydroxylation is 1. The lowest BCUT2D eigenvalue weighted by molar-refractivity contribution is 0.237. The zero-order valence-electron chi connectivity index (χ0n) is 16.0. The maximum Gasteiger partial charge on any atom is 0.262 e. The lowest BCUT2D eigenvalue weighted by atomic mass is 9.94. The topological polar surface area (TPSA) is 91.2 Å². The highest BCUT2D eigenvalue weighted by atomic mass is 16.1. The van der Waals surface area contributed by atoms with Crippen LogP contribution in [0.2, 0.25) is 0 Å². The average molecular weight is 377 g/mol. The Balaban J connectivity index is 1.24. The van der Waals surface area contributed by atoms with Gasteiger partial charge in [0, 0.05) is 26.1 Å². The van der Waals surface area contributed by atoms with Crippen molar-refractivity contribution in [3.63, 3.8) is 0 Å². The molecule has 2 aliphatic heterocycles. The van der Waals surface area contributed by atoms with Gasteiger partial charge in [-0.05, 0) is 5.56 Å². The van der Waals surface area contributed by atoms with Crippen LogP contribution in [0.5, 0.6) is 0 Å². The molecular formula is C20H23N7O. The van der Waals surface area contributed by atoms with Gasteiger partial charge in [-0.3, -0.25) is 14.5 Å². The molecule has 1 saturated heterocycles. The summed E-state index contributed by atoms with van der Waals surface area (Å²) < 4.78 is 1.64. The SMILES string of the molecule is CC(c1ccccc1)C1CN=C(N2CC(c3nc4c(cnn4C)c(=O)[nH]3)C2)N1. The van der Waals surface area contributed by atoms with Crippen molar-refractivity contribution in [3.8, 4) is 0 Å². The second-order valence-corrected chi connectivity index (χ2v) is 7.67. The number of fused-ring (bicyclic) bond motifs is 1. The smallest absolute Gasteiger partial charge is 0.262 e. The van der Waals surface area contributed by atoms with Crippen LogP contribution in [0.25, 0.3) is 11.0 Å². The normalized spacial score (nSPS) is 20.7. The number of aliphatic imine (C=N–C) groups is 1. The molecule has 2 aromatic heterocycles. The van der Waals surface area contributed by atoms with Crippen LogP contribution in [0.15, 0.2) is 46.3 Å². The Morgan fingerprint density at radius 2 is 2.00 bits per heavy atom. The van der Waals surface area contributed by atoms with Crippen LogP contribution < -0.4 is 10.9 Å². The van der Waals surface area contributed by atoms with Gasteiger partial charge in [0.25, 0.3) is 5.56 Å². The summed E-state index contributed by atoms with van der Waals surface area (Å²) in [6.07, 6.45) is 1.56. The van der Waals surface area contributed by atoms with Gasteiger partial charge in [0.1, 0.15) is 11.2 Å². The van der Waals surface area contributed by atoms with Gasteiger partial charge in [0.05, 0.1) is 24.7 Å². The Morgan fingerprint density at radius 3 is 2.79 bits per heavy atom. The predicted octanol–water partition coefficient (Wildman–Crippen LogP) is 1.19. The molecule has 5 rings (SSSR count). The lowest BCUT2D eigenvalue weighted by Crippen LogP contribution is -2.54. The number of aromatic amines is 1. The Labute approximate surface area is 162 Å². The number of hydrogen-bond acceptors (Lipinski definition) is 6. The summed E-state index contributed by atoms with van der Waals surface area (Å²) in [4.78, 5) is 26.7. The highest BCUT2D eigenvalue weighted by Crippen LogP contribution is 2.27. The van der Waals surface area contributed by atoms with E-state index < -0.39 is 0 Å². The number of guanidine groups is 1. The van der Waals surface area contributed by atoms with Gasteiger partial charge in [0.15, 0.2) is 11.6 Å². The molecule has 4 heterocycles. The minimum absolute atomic E-state index is 0.125. The van der Waals surface area contributed by atoms with Crippen LogP contribution in [0.4, 0.5) is 0 Å². The van der Waals surface area contributed by atoms with E-state index in [0.29, 0.717) is 23.0 Å². The van der Waals surface area contributed by atoms with Crippen molar-refractivity contribution in [1.29, 1.82) is 0 Å². The zero-order chi connectivity index (χ0) is 19.3. The van der Waals surface area contributed by atoms with Gasteiger partial charge < -0.3 is 15.2 Å². The first kappa shape index (κ1) is 17.0. The summed E-state index contributed by atoms with van der Waals surface area (Å²) in [5.74, 6) is 2.27. The molecule has 1 aromatic carbocycles. The number of aromatic nitrogens is 4. The maximum absolute atomic E-state index is 12.2. The number of nitrogens with zero attached hydrogens (tertiary/aromatic N) is 5. The molecule has 1 fully saturated rings. The van der Waals surface area contributed by atoms with E-state index in [2.05, 4.69) is 56.5 Å². The van der Waals surface area contributed by atoms with Crippen LogP contribution in [-0.4, -0.2) is 56.3 Å². The third-order valence-corrected chi connectivity index (χ3v) is 5.87. The Hall–Kier alpha value is -3.16. The number of benzene rings is 1. The van der Waals surface area contributed by atoms with Gasteiger partial charge in [-0.2, -0.15) is 5.10 Å². The van der Waals surface area contributed by atoms with E-state index in [1.807, 2.05) is 6.07 Å². The van der Waals surface area contributed by atoms with Crippen molar-refractivity contribution in [3.05, 3.63) is 58.3 Å². The fraction of sp³-hybridized carbons (Fsp3) is 0.400. The van der Waals surface area contributed by atoms with E-state index in [0.717, 1.165) is 31.4 Å². The molecule has 0 saturated carbocycles. The van der Waals surface area contributed by atoms with Crippen LogP contribution in [0.3, 0.4) is 0 Å². The van der Waals surface area contributed by atoms with E-state index in [1.165, 1.54) is 5.56 Å². The number of rotatable bonds is 3. The van der Waals surface area contributed by atoms with E-state index in [1.54, 1.807) is 17.9 Å². The first-order valence-corrected chi connectivity index (χ1v) is 9.63. The fourth-order valence-corrected chi connectivity index (χ4v) is 3.97. The van der Waals surface area contributed by atoms with E-state index in [4.69, 9.17) is 4.99 Å². The summed E-state index contributed by atoms with van der Waals surface area (Å²) in [5.41, 5.74) is 1.83. The summed E-state index contributed by atoms with van der Waals surface area (Å²) in [6.45, 7) is 4.61. The molecule has 2 aliphatic rings. The Kier molecular flexibility index (Phi) is 3.92. The monoisotopic (exact) mass is 377 g/mol. The Morgan fingerprint density at radius 1 is 1.21 bits per heavy atom. The van der Waals surface area contributed by atoms with Crippen molar-refractivity contribution in [2.24, 2.45) is 12.0 Å². The van der Waals surface area contributed by atoms with E-state index in [9.17, 15) is 4.79 Å². The fourth-order valence-electron chi connectivity index (χ4n) is 3.97. The van der Waals surface area contributed by atoms with Gasteiger partial charge in [-0.1, -0.05) is 37.3 Å². The molecular weight excluding hydrogens is 354 g/mol. The maximum atomic E-state index is 12.2. The predicted molar refractivity (Wildman–Crippen MR) is 108 cm³/mol. The van der Waals surface area contributed by atoms with Crippen LogP contribution >= 0.6 is 0 Å². The van der Waals surface area contributed by atoms with Crippen molar-refractivity contribution < 1.29 is 0 Å². The van der Waals surface area contributed by atoms with Crippen LogP contribution in [-0.2, 0) is 7.05 Å². The van der Waals surface area contributed by atoms with Gasteiger partial charge >= 0.3 is 0 Å². The standard InChI is InChI=1S/C20H23N7O/c1-12(13-6-4-3-5-7-13)16-9-21-20(23-16)27-10-14(11-27)17-24-18-15(19(28)25-17)8-22-26(18)2/h3-8,12,14,16H,9-11H2,1-2H3,(H,21,23)(H,24,25,28). The van der Waals surface area contributed by atoms with Crippen LogP contribution in [0.1, 0.15) is 30.1 Å². The number of H-pyrrole nitrogens is 1. The molecule has 0 spiro atoms. The second-order valence-electron chi connectivity index (χ2n) is 7.67. The first-order chi connectivity index (χ1) is 13.6. The molecule has 28 heavy (non-hydrogen) atoms. The molecule has 8 heteroatoms. The largest absolute Gasteiger partial charge is 0.351 e. The average Bonchev–Trinajstić information content (AvgIpc) is 3.29. The highest BCUT2D eigenvalue weighted by molar-refractivity contribution is 5.83. The van der Waals surface area contributed by atoms with Crippen molar-refractivity contribution in [2.75, 3.05) is 19.6 Å². The molecule has 2 atom stereocenters. The van der Waals surface area contributed by atoms with Crippen molar-refractivity contribution in [2.45, 2.75) is 24.8 Å². The van der Waals surface area contributed by atoms with Crippen molar-refractivity contribution >= 4 is 17.0 Å². The van der Waals surface area contributed by atoms with Gasteiger partial charge in [0.2, 0.25) is 0 Å². The number of likely N-dealkylation sites (tertiary alicyclic amines) is 1. The number of hydrogen-bond donors (Lipinski definition) is 2. The van der Waals surface area contributed by atoms with E-state index in [-0.39, 0.29) is 11.5 Å². The molecule has 2 N–H and O–H groups in total. The molecule has 144 valence electrons. The third kappa shape index (κ3) is 2.76. The second kappa shape index (κ2) is 6.47. The van der Waals surface area contributed by atoms with E-state index >= 15 is 0 Å². The third-order valence-electron chi connectivity index (χ3n) is 5.87. The first-order valence-electron chi connectivity index (χ1n) is 9.63. The Bertz CT molecular complexity index is 1090. The molecule has 8 nitrogen and oxygen atoms in total. The summed E-state index contributed by atoms with van der Waals surface area (Å²) in [6, 6.07) is 10.8. The molecule has 0 aliphatic carbocycles. The zero-order valence-corrected chi connectivity index (χ0v) is 16.0. The lowest BCUT2D eigenvalue weighted by Gasteiger charge is -2.40. The summed E-state index contributed by atoms with van der Waals surface area (Å²) in [7, 11) is 1.80. The van der Waals surface area contributed by atoms with Gasteiger partial charge in [-0.25, -0.2) is 4.98 Å². The van der Waals surface area contributed by atoms with Crippen molar-refractivity contribution in [1.82, 2.24) is 30.0 Å². The number of nitrogens with one attached hydrogen (secondary N) is 2. The molecule has 0 radical (unpaired) electrons. The minimum Gasteiger partial charge on any atom is -0.351 e. The molecule has 0 bridgehead atoms. The van der Waals surface area contributed by atoms with Crippen LogP contribution in [0, 0.1) is 0 Å². The minimum atomic E-state index is -0.125. The molecule has 3 aromatic rings. The molecule has 0 amide bonds. The van der Waals surface area contributed by atoms with Gasteiger partial charge in [-0.15, -0.1) is 0 Å². The molecule has 2 unspecified atom stereocenters. The quantitative estimate of drug-likeness (QED) is 0.715. The summed E-state index contributed by atoms with van der Waals surface area (Å²) in [5, 5.41) is 8.23.